The molecule has 1 aliphatic rings. The van der Waals surface area contributed by atoms with Gasteiger partial charge in [0.2, 0.25) is 0 Å². The molecule has 0 radical (unpaired) electrons. The summed E-state index contributed by atoms with van der Waals surface area (Å²) in [5.41, 5.74) is 0.887. The predicted octanol–water partition coefficient (Wildman–Crippen LogP) is 2.84. The third kappa shape index (κ3) is 8.30. The van der Waals surface area contributed by atoms with Crippen LogP contribution in [0, 0.1) is 11.8 Å². The van der Waals surface area contributed by atoms with Crippen molar-refractivity contribution in [1.82, 2.24) is 0 Å². The molecule has 132 valence electrons. The van der Waals surface area contributed by atoms with Gasteiger partial charge in [-0.25, -0.2) is 4.79 Å². The number of rotatable bonds is 8. The maximum Gasteiger partial charge on any atom is 0.330 e. The Morgan fingerprint density at radius 3 is 2.57 bits per heavy atom. The van der Waals surface area contributed by atoms with Crippen LogP contribution in [0.4, 0.5) is 0 Å². The second-order valence-corrected chi connectivity index (χ2v) is 6.17. The Balaban J connectivity index is 2.29. The summed E-state index contributed by atoms with van der Waals surface area (Å²) in [4.78, 5) is 11.4. The fraction of sp³-hybridized carbons (Fsp3) is 0.722. The highest BCUT2D eigenvalue weighted by molar-refractivity contribution is 5.82. The summed E-state index contributed by atoms with van der Waals surface area (Å²) in [6.07, 6.45) is 6.43. The van der Waals surface area contributed by atoms with E-state index in [0.717, 1.165) is 12.0 Å². The Morgan fingerprint density at radius 2 is 2.00 bits per heavy atom. The van der Waals surface area contributed by atoms with Crippen LogP contribution in [0.15, 0.2) is 23.8 Å². The molecule has 0 aromatic rings. The van der Waals surface area contributed by atoms with E-state index in [-0.39, 0.29) is 24.3 Å². The van der Waals surface area contributed by atoms with Crippen molar-refractivity contribution in [2.24, 2.45) is 11.8 Å². The van der Waals surface area contributed by atoms with Crippen LogP contribution in [-0.2, 0) is 19.0 Å². The summed E-state index contributed by atoms with van der Waals surface area (Å²) >= 11 is 0. The van der Waals surface area contributed by atoms with E-state index in [4.69, 9.17) is 14.2 Å². The molecule has 0 amide bonds. The first-order valence-electron chi connectivity index (χ1n) is 8.34. The number of allylic oxidation sites excluding steroid dienone is 1. The van der Waals surface area contributed by atoms with E-state index in [1.807, 2.05) is 19.9 Å². The smallest absolute Gasteiger partial charge is 0.330 e. The van der Waals surface area contributed by atoms with E-state index in [1.165, 1.54) is 6.08 Å². The number of esters is 1. The summed E-state index contributed by atoms with van der Waals surface area (Å²) in [7, 11) is 0. The highest BCUT2D eigenvalue weighted by atomic mass is 16.7. The molecule has 1 saturated heterocycles. The third-order valence-corrected chi connectivity index (χ3v) is 3.85. The van der Waals surface area contributed by atoms with Crippen LogP contribution in [0.2, 0.25) is 0 Å². The molecule has 1 fully saturated rings. The van der Waals surface area contributed by atoms with Gasteiger partial charge >= 0.3 is 5.97 Å². The normalized spacial score (nSPS) is 25.3. The number of carbonyl (C=O) groups is 1. The monoisotopic (exact) mass is 326 g/mol. The fourth-order valence-electron chi connectivity index (χ4n) is 2.19. The lowest BCUT2D eigenvalue weighted by molar-refractivity contribution is -0.198. The van der Waals surface area contributed by atoms with Gasteiger partial charge in [0, 0.05) is 18.4 Å². The molecule has 1 aliphatic heterocycles. The van der Waals surface area contributed by atoms with E-state index >= 15 is 0 Å². The molecule has 5 heteroatoms. The van der Waals surface area contributed by atoms with Crippen molar-refractivity contribution < 1.29 is 24.1 Å². The van der Waals surface area contributed by atoms with Crippen LogP contribution in [0.1, 0.15) is 40.5 Å². The summed E-state index contributed by atoms with van der Waals surface area (Å²) in [6, 6.07) is 0. The Kier molecular flexibility index (Phi) is 9.14. The van der Waals surface area contributed by atoms with Gasteiger partial charge in [-0.2, -0.15) is 0 Å². The standard InChI is InChI=1S/C18H30O5/c1-5-21-17(20)9-13(2)10-18-22-11-16(12-23-18)8-6-7-14(3)15(4)19/h6-7,9,14-16,18-19H,5,8,10-12H2,1-4H3/b7-6+,13-9+/t14-,15+,16?,18?/m1/s1. The predicted molar refractivity (Wildman–Crippen MR) is 88.8 cm³/mol. The van der Waals surface area contributed by atoms with Gasteiger partial charge in [-0.3, -0.25) is 0 Å². The molecular formula is C18H30O5. The van der Waals surface area contributed by atoms with Crippen molar-refractivity contribution in [3.63, 3.8) is 0 Å². The first-order chi connectivity index (χ1) is 10.9. The summed E-state index contributed by atoms with van der Waals surface area (Å²) in [6.45, 7) is 9.10. The molecule has 2 atom stereocenters. The Bertz CT molecular complexity index is 406. The molecule has 1 rings (SSSR count). The van der Waals surface area contributed by atoms with Crippen LogP contribution in [0.25, 0.3) is 0 Å². The van der Waals surface area contributed by atoms with Crippen molar-refractivity contribution in [2.45, 2.75) is 52.9 Å². The number of carbonyl (C=O) groups excluding carboxylic acids is 1. The molecule has 0 aromatic heterocycles. The Hall–Kier alpha value is -1.17. The molecule has 0 bridgehead atoms. The second kappa shape index (κ2) is 10.6. The summed E-state index contributed by atoms with van der Waals surface area (Å²) in [5, 5.41) is 9.43. The van der Waals surface area contributed by atoms with Crippen LogP contribution < -0.4 is 0 Å². The molecular weight excluding hydrogens is 296 g/mol. The molecule has 0 aliphatic carbocycles. The van der Waals surface area contributed by atoms with Gasteiger partial charge in [-0.1, -0.05) is 24.6 Å². The average molecular weight is 326 g/mol. The molecule has 1 N–H and O–H groups in total. The Morgan fingerprint density at radius 1 is 1.35 bits per heavy atom. The summed E-state index contributed by atoms with van der Waals surface area (Å²) in [5.74, 6) is 0.165. The SMILES string of the molecule is CCOC(=O)/C=C(\C)CC1OCC(C/C=C/[C@@H](C)[C@H](C)O)CO1. The lowest BCUT2D eigenvalue weighted by atomic mass is 10.0. The number of aliphatic hydroxyl groups excluding tert-OH is 1. The van der Waals surface area contributed by atoms with Gasteiger partial charge in [0.05, 0.1) is 25.9 Å². The minimum atomic E-state index is -0.330. The Labute approximate surface area is 139 Å². The quantitative estimate of drug-likeness (QED) is 0.422. The number of hydrogen-bond donors (Lipinski definition) is 1. The molecule has 0 spiro atoms. The number of ether oxygens (including phenoxy) is 3. The van der Waals surface area contributed by atoms with E-state index < -0.39 is 0 Å². The van der Waals surface area contributed by atoms with Gasteiger partial charge in [0.25, 0.3) is 0 Å². The minimum Gasteiger partial charge on any atom is -0.463 e. The highest BCUT2D eigenvalue weighted by Gasteiger charge is 2.22. The van der Waals surface area contributed by atoms with Crippen LogP contribution in [0.5, 0.6) is 0 Å². The van der Waals surface area contributed by atoms with Crippen LogP contribution in [0.3, 0.4) is 0 Å². The van der Waals surface area contributed by atoms with Crippen molar-refractivity contribution in [2.75, 3.05) is 19.8 Å². The fourth-order valence-corrected chi connectivity index (χ4v) is 2.19. The van der Waals surface area contributed by atoms with Crippen molar-refractivity contribution in [1.29, 1.82) is 0 Å². The van der Waals surface area contributed by atoms with Crippen LogP contribution in [-0.4, -0.2) is 43.3 Å². The van der Waals surface area contributed by atoms with E-state index in [0.29, 0.717) is 32.2 Å². The van der Waals surface area contributed by atoms with E-state index in [1.54, 1.807) is 13.8 Å². The molecule has 5 nitrogen and oxygen atoms in total. The zero-order valence-electron chi connectivity index (χ0n) is 14.7. The van der Waals surface area contributed by atoms with Crippen LogP contribution >= 0.6 is 0 Å². The zero-order valence-corrected chi connectivity index (χ0v) is 14.7. The number of aliphatic hydroxyl groups is 1. The largest absolute Gasteiger partial charge is 0.463 e. The van der Waals surface area contributed by atoms with Crippen molar-refractivity contribution in [3.05, 3.63) is 23.8 Å². The van der Waals surface area contributed by atoms with Gasteiger partial charge in [-0.05, 0) is 33.1 Å². The average Bonchev–Trinajstić information content (AvgIpc) is 2.48. The highest BCUT2D eigenvalue weighted by Crippen LogP contribution is 2.20. The third-order valence-electron chi connectivity index (χ3n) is 3.85. The maximum absolute atomic E-state index is 11.4. The van der Waals surface area contributed by atoms with E-state index in [9.17, 15) is 9.90 Å². The molecule has 23 heavy (non-hydrogen) atoms. The molecule has 0 unspecified atom stereocenters. The first-order valence-corrected chi connectivity index (χ1v) is 8.34. The molecule has 1 heterocycles. The van der Waals surface area contributed by atoms with Gasteiger partial charge in [-0.15, -0.1) is 0 Å². The van der Waals surface area contributed by atoms with Crippen molar-refractivity contribution in [3.8, 4) is 0 Å². The molecule has 0 saturated carbocycles. The topological polar surface area (TPSA) is 65.0 Å². The van der Waals surface area contributed by atoms with Gasteiger partial charge in [0.15, 0.2) is 6.29 Å². The number of hydrogen-bond acceptors (Lipinski definition) is 5. The first kappa shape index (κ1) is 19.9. The lowest BCUT2D eigenvalue weighted by Gasteiger charge is -2.29. The molecule has 0 aromatic carbocycles. The van der Waals surface area contributed by atoms with E-state index in [2.05, 4.69) is 6.08 Å². The zero-order chi connectivity index (χ0) is 17.2. The van der Waals surface area contributed by atoms with Gasteiger partial charge in [0.1, 0.15) is 0 Å². The lowest BCUT2D eigenvalue weighted by Crippen LogP contribution is -2.32. The summed E-state index contributed by atoms with van der Waals surface area (Å²) < 4.78 is 16.3. The minimum absolute atomic E-state index is 0.156. The second-order valence-electron chi connectivity index (χ2n) is 6.17. The maximum atomic E-state index is 11.4. The van der Waals surface area contributed by atoms with Crippen molar-refractivity contribution >= 4 is 5.97 Å². The van der Waals surface area contributed by atoms with Gasteiger partial charge < -0.3 is 19.3 Å².